The highest BCUT2D eigenvalue weighted by molar-refractivity contribution is 6.31. The molecule has 1 aliphatic heterocycles. The molecular weight excluding hydrogens is 360 g/mol. The molecule has 0 fully saturated rings. The number of rotatable bonds is 8. The second kappa shape index (κ2) is 9.27. The first kappa shape index (κ1) is 19.8. The molecule has 1 aliphatic rings. The van der Waals surface area contributed by atoms with E-state index in [0.29, 0.717) is 12.5 Å². The first-order valence-electron chi connectivity index (χ1n) is 9.73. The molecule has 4 heteroatoms. The van der Waals surface area contributed by atoms with Gasteiger partial charge in [-0.05, 0) is 66.8 Å². The van der Waals surface area contributed by atoms with Gasteiger partial charge in [-0.1, -0.05) is 43.6 Å². The van der Waals surface area contributed by atoms with Crippen molar-refractivity contribution in [2.24, 2.45) is 0 Å². The summed E-state index contributed by atoms with van der Waals surface area (Å²) in [7, 11) is 0. The number of benzene rings is 2. The smallest absolute Gasteiger partial charge is 0.160 e. The van der Waals surface area contributed by atoms with Crippen molar-refractivity contribution < 1.29 is 14.3 Å². The number of aryl methyl sites for hydroxylation is 2. The summed E-state index contributed by atoms with van der Waals surface area (Å²) in [4.78, 5) is 10.9. The van der Waals surface area contributed by atoms with Crippen molar-refractivity contribution in [1.29, 1.82) is 0 Å². The monoisotopic (exact) mass is 386 g/mol. The van der Waals surface area contributed by atoms with Crippen molar-refractivity contribution >= 4 is 17.9 Å². The maximum absolute atomic E-state index is 10.9. The van der Waals surface area contributed by atoms with E-state index in [9.17, 15) is 4.79 Å². The first-order chi connectivity index (χ1) is 13.1. The van der Waals surface area contributed by atoms with E-state index in [1.54, 1.807) is 0 Å². The molecule has 0 N–H and O–H groups in total. The van der Waals surface area contributed by atoms with E-state index in [1.807, 2.05) is 18.2 Å². The summed E-state index contributed by atoms with van der Waals surface area (Å²) in [5.74, 6) is 2.06. The molecule has 1 unspecified atom stereocenters. The summed E-state index contributed by atoms with van der Waals surface area (Å²) >= 11 is 6.40. The van der Waals surface area contributed by atoms with Crippen molar-refractivity contribution in [3.05, 3.63) is 58.1 Å². The van der Waals surface area contributed by atoms with Gasteiger partial charge in [-0.3, -0.25) is 4.79 Å². The number of fused-ring (bicyclic) bond motifs is 1. The Morgan fingerprint density at radius 3 is 2.81 bits per heavy atom. The quantitative estimate of drug-likeness (QED) is 0.427. The van der Waals surface area contributed by atoms with Crippen molar-refractivity contribution in [3.63, 3.8) is 0 Å². The van der Waals surface area contributed by atoms with Gasteiger partial charge in [0.2, 0.25) is 0 Å². The van der Waals surface area contributed by atoms with Crippen molar-refractivity contribution in [3.8, 4) is 11.5 Å². The number of hydrogen-bond donors (Lipinski definition) is 0. The third-order valence-corrected chi connectivity index (χ3v) is 5.37. The van der Waals surface area contributed by atoms with Gasteiger partial charge in [0.05, 0.1) is 6.61 Å². The average Bonchev–Trinajstić information content (AvgIpc) is 2.68. The van der Waals surface area contributed by atoms with Gasteiger partial charge in [0.15, 0.2) is 12.4 Å². The number of ether oxygens (including phenoxy) is 2. The maximum Gasteiger partial charge on any atom is 0.160 e. The van der Waals surface area contributed by atoms with Crippen LogP contribution in [0, 0.1) is 0 Å². The molecule has 2 aromatic carbocycles. The van der Waals surface area contributed by atoms with E-state index in [4.69, 9.17) is 21.1 Å². The zero-order chi connectivity index (χ0) is 19.2. The number of unbranched alkanes of at least 4 members (excludes halogenated alkanes) is 1. The molecule has 0 saturated carbocycles. The predicted molar refractivity (Wildman–Crippen MR) is 109 cm³/mol. The van der Waals surface area contributed by atoms with Crippen LogP contribution in [0.15, 0.2) is 36.4 Å². The van der Waals surface area contributed by atoms with Gasteiger partial charge in [-0.15, -0.1) is 0 Å². The normalized spacial score (nSPS) is 15.9. The Bertz CT molecular complexity index is 785. The van der Waals surface area contributed by atoms with E-state index in [0.717, 1.165) is 60.5 Å². The Kier molecular flexibility index (Phi) is 6.78. The zero-order valence-corrected chi connectivity index (χ0v) is 16.8. The van der Waals surface area contributed by atoms with Crippen LogP contribution < -0.4 is 9.47 Å². The van der Waals surface area contributed by atoms with Crippen LogP contribution in [0.2, 0.25) is 5.02 Å². The van der Waals surface area contributed by atoms with Crippen LogP contribution in [0.4, 0.5) is 0 Å². The van der Waals surface area contributed by atoms with E-state index in [-0.39, 0.29) is 6.10 Å². The molecule has 0 spiro atoms. The molecule has 0 aliphatic carbocycles. The van der Waals surface area contributed by atoms with Gasteiger partial charge in [0.1, 0.15) is 11.5 Å². The van der Waals surface area contributed by atoms with Crippen LogP contribution in [0.25, 0.3) is 0 Å². The van der Waals surface area contributed by atoms with Gasteiger partial charge in [0.25, 0.3) is 0 Å². The Hall–Kier alpha value is -2.00. The minimum Gasteiger partial charge on any atom is -0.493 e. The Labute approximate surface area is 166 Å². The summed E-state index contributed by atoms with van der Waals surface area (Å²) in [6, 6.07) is 12.3. The minimum atomic E-state index is -0.334. The highest BCUT2D eigenvalue weighted by atomic mass is 35.5. The zero-order valence-electron chi connectivity index (χ0n) is 16.0. The van der Waals surface area contributed by atoms with Gasteiger partial charge in [-0.2, -0.15) is 0 Å². The highest BCUT2D eigenvalue weighted by Gasteiger charge is 2.19. The van der Waals surface area contributed by atoms with Crippen molar-refractivity contribution in [2.45, 2.75) is 58.0 Å². The Morgan fingerprint density at radius 2 is 2.07 bits per heavy atom. The van der Waals surface area contributed by atoms with Gasteiger partial charge in [-0.25, -0.2) is 0 Å². The molecule has 0 bridgehead atoms. The van der Waals surface area contributed by atoms with Crippen LogP contribution in [0.1, 0.15) is 55.7 Å². The topological polar surface area (TPSA) is 35.5 Å². The summed E-state index contributed by atoms with van der Waals surface area (Å²) in [6.45, 7) is 5.00. The second-order valence-electron chi connectivity index (χ2n) is 7.41. The number of hydrogen-bond acceptors (Lipinski definition) is 3. The average molecular weight is 387 g/mol. The fourth-order valence-corrected chi connectivity index (χ4v) is 3.57. The van der Waals surface area contributed by atoms with Gasteiger partial charge < -0.3 is 9.47 Å². The number of halogens is 1. The molecule has 0 radical (unpaired) electrons. The highest BCUT2D eigenvalue weighted by Crippen LogP contribution is 2.31. The number of aldehydes is 1. The first-order valence-corrected chi connectivity index (χ1v) is 10.1. The van der Waals surface area contributed by atoms with E-state index in [1.165, 1.54) is 11.1 Å². The lowest BCUT2D eigenvalue weighted by Crippen LogP contribution is -2.23. The van der Waals surface area contributed by atoms with Gasteiger partial charge in [0, 0.05) is 11.1 Å². The third-order valence-electron chi connectivity index (χ3n) is 5.02. The molecule has 1 heterocycles. The van der Waals surface area contributed by atoms with E-state index >= 15 is 0 Å². The Morgan fingerprint density at radius 1 is 1.22 bits per heavy atom. The molecule has 3 nitrogen and oxygen atoms in total. The van der Waals surface area contributed by atoms with Crippen LogP contribution >= 0.6 is 11.6 Å². The fraction of sp³-hybridized carbons (Fsp3) is 0.435. The standard InChI is InChI=1S/C23H27ClO3/c1-16(2)19-7-6-17(22(24)13-19)5-3-4-12-26-20-10-8-18-9-11-21(15-25)27-23(18)14-20/h6-8,10,13-16,21H,3-5,9,11-12H2,1-2H3. The van der Waals surface area contributed by atoms with Crippen LogP contribution in [-0.2, 0) is 17.6 Å². The largest absolute Gasteiger partial charge is 0.493 e. The van der Waals surface area contributed by atoms with Gasteiger partial charge >= 0.3 is 0 Å². The Balaban J connectivity index is 1.45. The van der Waals surface area contributed by atoms with Crippen molar-refractivity contribution in [1.82, 2.24) is 0 Å². The summed E-state index contributed by atoms with van der Waals surface area (Å²) in [5, 5.41) is 0.860. The molecule has 0 amide bonds. The number of carbonyl (C=O) groups is 1. The van der Waals surface area contributed by atoms with Crippen LogP contribution in [0.5, 0.6) is 11.5 Å². The molecule has 1 atom stereocenters. The number of carbonyl (C=O) groups excluding carboxylic acids is 1. The lowest BCUT2D eigenvalue weighted by atomic mass is 10.00. The predicted octanol–water partition coefficient (Wildman–Crippen LogP) is 5.76. The molecule has 144 valence electrons. The maximum atomic E-state index is 10.9. The van der Waals surface area contributed by atoms with E-state index in [2.05, 4.69) is 32.0 Å². The van der Waals surface area contributed by atoms with Crippen LogP contribution in [-0.4, -0.2) is 19.0 Å². The lowest BCUT2D eigenvalue weighted by molar-refractivity contribution is -0.114. The summed E-state index contributed by atoms with van der Waals surface area (Å²) < 4.78 is 11.5. The second-order valence-corrected chi connectivity index (χ2v) is 7.82. The third kappa shape index (κ3) is 5.26. The summed E-state index contributed by atoms with van der Waals surface area (Å²) in [6.07, 6.45) is 5.09. The molecule has 2 aromatic rings. The molecular formula is C23H27ClO3. The van der Waals surface area contributed by atoms with Crippen LogP contribution in [0.3, 0.4) is 0 Å². The summed E-state index contributed by atoms with van der Waals surface area (Å²) in [5.41, 5.74) is 3.61. The molecule has 0 aromatic heterocycles. The molecule has 0 saturated heterocycles. The molecule has 27 heavy (non-hydrogen) atoms. The minimum absolute atomic E-state index is 0.334. The van der Waals surface area contributed by atoms with Crippen molar-refractivity contribution in [2.75, 3.05) is 6.61 Å². The van der Waals surface area contributed by atoms with E-state index < -0.39 is 0 Å². The SMILES string of the molecule is CC(C)c1ccc(CCCCOc2ccc3c(c2)OC(C=O)CC3)c(Cl)c1. The lowest BCUT2D eigenvalue weighted by Gasteiger charge is -2.22. The molecule has 3 rings (SSSR count). The fourth-order valence-electron chi connectivity index (χ4n) is 3.29.